The summed E-state index contributed by atoms with van der Waals surface area (Å²) in [6, 6.07) is 13.4. The van der Waals surface area contributed by atoms with Gasteiger partial charge in [-0.15, -0.1) is 0 Å². The van der Waals surface area contributed by atoms with Crippen LogP contribution in [0.15, 0.2) is 47.3 Å². The maximum atomic E-state index is 11.3. The Balaban J connectivity index is 1.45. The number of aromatic amines is 1. The molecule has 144 valence electrons. The van der Waals surface area contributed by atoms with E-state index < -0.39 is 0 Å². The van der Waals surface area contributed by atoms with E-state index in [1.54, 1.807) is 7.11 Å². The number of rotatable bonds is 6. The van der Waals surface area contributed by atoms with E-state index in [9.17, 15) is 9.90 Å². The van der Waals surface area contributed by atoms with Crippen LogP contribution in [0.2, 0.25) is 0 Å². The number of benzene rings is 2. The van der Waals surface area contributed by atoms with Gasteiger partial charge in [-0.25, -0.2) is 4.98 Å². The minimum absolute atomic E-state index is 0.0613. The summed E-state index contributed by atoms with van der Waals surface area (Å²) in [5.74, 6) is 2.25. The summed E-state index contributed by atoms with van der Waals surface area (Å²) in [6.45, 7) is 0.340. The van der Waals surface area contributed by atoms with Gasteiger partial charge in [-0.2, -0.15) is 0 Å². The van der Waals surface area contributed by atoms with Crippen LogP contribution in [-0.2, 0) is 20.1 Å². The Hall–Kier alpha value is -3.26. The number of nitrogens with one attached hydrogen (secondary N) is 1. The van der Waals surface area contributed by atoms with Gasteiger partial charge in [0.1, 0.15) is 23.9 Å². The topological polar surface area (TPSA) is 89.4 Å². The number of fused-ring (bicyclic) bond motifs is 1. The number of H-pyrrole nitrogens is 1. The molecule has 0 aliphatic heterocycles. The highest BCUT2D eigenvalue weighted by Gasteiger charge is 2.10. The summed E-state index contributed by atoms with van der Waals surface area (Å²) >= 11 is 1.01. The van der Waals surface area contributed by atoms with Crippen molar-refractivity contribution in [1.29, 1.82) is 0 Å². The fourth-order valence-electron chi connectivity index (χ4n) is 2.99. The summed E-state index contributed by atoms with van der Waals surface area (Å²) < 4.78 is 13.1. The van der Waals surface area contributed by atoms with Gasteiger partial charge >= 0.3 is 4.87 Å². The lowest BCUT2D eigenvalue weighted by atomic mass is 10.1. The number of methoxy groups -OCH3 is 1. The quantitative estimate of drug-likeness (QED) is 0.522. The minimum Gasteiger partial charge on any atom is -0.497 e. The van der Waals surface area contributed by atoms with Crippen molar-refractivity contribution in [3.05, 3.63) is 68.4 Å². The molecule has 4 aromatic rings. The fraction of sp³-hybridized carbons (Fsp3) is 0.200. The molecule has 2 aromatic heterocycles. The number of nitrogens with zero attached hydrogens (tertiary/aromatic N) is 2. The van der Waals surface area contributed by atoms with E-state index in [-0.39, 0.29) is 10.8 Å². The van der Waals surface area contributed by atoms with Crippen LogP contribution in [0, 0.1) is 0 Å². The number of aromatic nitrogens is 3. The molecule has 0 atom stereocenters. The van der Waals surface area contributed by atoms with E-state index in [2.05, 4.69) is 9.97 Å². The molecule has 8 heteroatoms. The van der Waals surface area contributed by atoms with Crippen molar-refractivity contribution in [3.63, 3.8) is 0 Å². The van der Waals surface area contributed by atoms with Gasteiger partial charge in [0.2, 0.25) is 5.88 Å². The first-order valence-electron chi connectivity index (χ1n) is 8.65. The highest BCUT2D eigenvalue weighted by atomic mass is 32.1. The lowest BCUT2D eigenvalue weighted by molar-refractivity contribution is 0.292. The first kappa shape index (κ1) is 18.1. The third kappa shape index (κ3) is 3.59. The zero-order chi connectivity index (χ0) is 19.7. The third-order valence-electron chi connectivity index (χ3n) is 4.54. The molecule has 7 nitrogen and oxygen atoms in total. The first-order valence-corrected chi connectivity index (χ1v) is 9.47. The van der Waals surface area contributed by atoms with Gasteiger partial charge in [0.25, 0.3) is 0 Å². The summed E-state index contributed by atoms with van der Waals surface area (Å²) in [5, 5.41) is 9.69. The molecule has 2 heterocycles. The Morgan fingerprint density at radius 1 is 1.18 bits per heavy atom. The molecule has 0 aliphatic rings. The van der Waals surface area contributed by atoms with Gasteiger partial charge in [0, 0.05) is 19.5 Å². The van der Waals surface area contributed by atoms with Gasteiger partial charge in [0.15, 0.2) is 0 Å². The van der Waals surface area contributed by atoms with Crippen LogP contribution in [0.3, 0.4) is 0 Å². The Labute approximate surface area is 164 Å². The molecule has 2 N–H and O–H groups in total. The van der Waals surface area contributed by atoms with E-state index in [0.717, 1.165) is 45.3 Å². The highest BCUT2D eigenvalue weighted by Crippen LogP contribution is 2.23. The molecular formula is C20H19N3O4S. The predicted molar refractivity (Wildman–Crippen MR) is 107 cm³/mol. The van der Waals surface area contributed by atoms with Crippen molar-refractivity contribution in [3.8, 4) is 17.4 Å². The molecule has 0 bridgehead atoms. The van der Waals surface area contributed by atoms with E-state index >= 15 is 0 Å². The normalized spacial score (nSPS) is 11.1. The van der Waals surface area contributed by atoms with E-state index in [1.165, 1.54) is 0 Å². The smallest absolute Gasteiger partial charge is 0.307 e. The van der Waals surface area contributed by atoms with Crippen LogP contribution in [0.25, 0.3) is 11.0 Å². The number of hydrogen-bond acceptors (Lipinski definition) is 6. The van der Waals surface area contributed by atoms with Gasteiger partial charge < -0.3 is 19.1 Å². The molecule has 0 saturated heterocycles. The Morgan fingerprint density at radius 3 is 2.61 bits per heavy atom. The van der Waals surface area contributed by atoms with Gasteiger partial charge in [0.05, 0.1) is 23.0 Å². The summed E-state index contributed by atoms with van der Waals surface area (Å²) in [4.78, 5) is 18.6. The summed E-state index contributed by atoms with van der Waals surface area (Å²) in [6.07, 6.45) is 0.488. The fourth-order valence-corrected chi connectivity index (χ4v) is 3.75. The standard InChI is InChI=1S/C20H19N3O4S/c1-23-16-8-7-14(26-2)10-15(16)21-18(23)11-27-13-5-3-12(4-6-13)9-17-19(24)22-20(25)28-17/h3-8,10,24H,9,11H2,1-2H3,(H,22,25). The van der Waals surface area contributed by atoms with Crippen LogP contribution >= 0.6 is 11.3 Å². The molecule has 0 radical (unpaired) electrons. The maximum absolute atomic E-state index is 11.3. The number of imidazole rings is 1. The predicted octanol–water partition coefficient (Wildman–Crippen LogP) is 3.21. The molecule has 2 aromatic carbocycles. The van der Waals surface area contributed by atoms with Crippen molar-refractivity contribution in [2.45, 2.75) is 13.0 Å². The second-order valence-electron chi connectivity index (χ2n) is 6.34. The lowest BCUT2D eigenvalue weighted by Gasteiger charge is -2.07. The largest absolute Gasteiger partial charge is 0.497 e. The van der Waals surface area contributed by atoms with Crippen molar-refractivity contribution in [1.82, 2.24) is 14.5 Å². The Bertz CT molecular complexity index is 1170. The highest BCUT2D eigenvalue weighted by molar-refractivity contribution is 7.09. The van der Waals surface area contributed by atoms with Crippen molar-refractivity contribution in [2.24, 2.45) is 7.05 Å². The average molecular weight is 397 g/mol. The van der Waals surface area contributed by atoms with Crippen molar-refractivity contribution < 1.29 is 14.6 Å². The van der Waals surface area contributed by atoms with Gasteiger partial charge in [-0.05, 0) is 29.8 Å². The molecule has 4 rings (SSSR count). The van der Waals surface area contributed by atoms with Crippen LogP contribution in [0.1, 0.15) is 16.3 Å². The van der Waals surface area contributed by atoms with E-state index in [1.807, 2.05) is 54.1 Å². The number of hydrogen-bond donors (Lipinski definition) is 2. The van der Waals surface area contributed by atoms with E-state index in [0.29, 0.717) is 17.9 Å². The zero-order valence-electron chi connectivity index (χ0n) is 15.4. The molecule has 0 saturated carbocycles. The second-order valence-corrected chi connectivity index (χ2v) is 7.41. The zero-order valence-corrected chi connectivity index (χ0v) is 16.2. The average Bonchev–Trinajstić information content (AvgIpc) is 3.18. The van der Waals surface area contributed by atoms with Crippen LogP contribution in [0.4, 0.5) is 0 Å². The van der Waals surface area contributed by atoms with Gasteiger partial charge in [-0.1, -0.05) is 23.5 Å². The Morgan fingerprint density at radius 2 is 1.93 bits per heavy atom. The number of aryl methyl sites for hydroxylation is 1. The summed E-state index contributed by atoms with van der Waals surface area (Å²) in [7, 11) is 3.59. The summed E-state index contributed by atoms with van der Waals surface area (Å²) in [5.41, 5.74) is 2.86. The molecule has 0 fully saturated rings. The van der Waals surface area contributed by atoms with Crippen molar-refractivity contribution in [2.75, 3.05) is 7.11 Å². The van der Waals surface area contributed by atoms with Crippen molar-refractivity contribution >= 4 is 22.4 Å². The van der Waals surface area contributed by atoms with E-state index in [4.69, 9.17) is 9.47 Å². The number of ether oxygens (including phenoxy) is 2. The first-order chi connectivity index (χ1) is 13.5. The lowest BCUT2D eigenvalue weighted by Crippen LogP contribution is -2.03. The minimum atomic E-state index is -0.257. The monoisotopic (exact) mass is 397 g/mol. The van der Waals surface area contributed by atoms with Crippen LogP contribution in [0.5, 0.6) is 17.4 Å². The Kier molecular flexibility index (Phi) is 4.79. The molecule has 0 unspecified atom stereocenters. The van der Waals surface area contributed by atoms with Crippen LogP contribution in [-0.4, -0.2) is 26.8 Å². The third-order valence-corrected chi connectivity index (χ3v) is 5.41. The van der Waals surface area contributed by atoms with Gasteiger partial charge in [-0.3, -0.25) is 9.78 Å². The molecule has 0 spiro atoms. The second kappa shape index (κ2) is 7.40. The number of thiazole rings is 1. The molecule has 28 heavy (non-hydrogen) atoms. The molecule has 0 amide bonds. The number of aromatic hydroxyl groups is 1. The maximum Gasteiger partial charge on any atom is 0.307 e. The SMILES string of the molecule is COc1ccc2c(c1)nc(COc1ccc(Cc3sc(=O)[nH]c3O)cc1)n2C. The molecule has 0 aliphatic carbocycles. The molecular weight excluding hydrogens is 378 g/mol. The van der Waals surface area contributed by atoms with Crippen LogP contribution < -0.4 is 14.3 Å².